The zero-order chi connectivity index (χ0) is 17.8. The minimum atomic E-state index is -1.38. The predicted octanol–water partition coefficient (Wildman–Crippen LogP) is 5.45. The Kier molecular flexibility index (Phi) is 3.36. The van der Waals surface area contributed by atoms with Gasteiger partial charge < -0.3 is 14.6 Å². The number of nitrogens with zero attached hydrogens (tertiary/aromatic N) is 1. The molecule has 25 heavy (non-hydrogen) atoms. The van der Waals surface area contributed by atoms with Crippen LogP contribution >= 0.6 is 0 Å². The molecule has 0 aliphatic carbocycles. The van der Waals surface area contributed by atoms with E-state index < -0.39 is 11.1 Å². The monoisotopic (exact) mass is 338 g/mol. The van der Waals surface area contributed by atoms with E-state index >= 15 is 4.39 Å². The van der Waals surface area contributed by atoms with Gasteiger partial charge in [-0.3, -0.25) is 0 Å². The Morgan fingerprint density at radius 1 is 1.04 bits per heavy atom. The van der Waals surface area contributed by atoms with Crippen LogP contribution in [0.5, 0.6) is 0 Å². The van der Waals surface area contributed by atoms with Gasteiger partial charge in [0.25, 0.3) is 0 Å². The lowest BCUT2D eigenvalue weighted by molar-refractivity contribution is 0.114. The van der Waals surface area contributed by atoms with Gasteiger partial charge in [0, 0.05) is 28.6 Å². The van der Waals surface area contributed by atoms with Crippen molar-refractivity contribution in [2.75, 3.05) is 11.6 Å². The Morgan fingerprint density at radius 3 is 2.48 bits per heavy atom. The first-order valence-corrected chi connectivity index (χ1v) is 8.61. The van der Waals surface area contributed by atoms with Crippen LogP contribution in [-0.2, 0) is 5.41 Å². The van der Waals surface area contributed by atoms with Crippen LogP contribution in [0.1, 0.15) is 33.3 Å². The van der Waals surface area contributed by atoms with E-state index in [1.165, 1.54) is 0 Å². The molecule has 1 aliphatic heterocycles. The number of alkyl halides is 1. The summed E-state index contributed by atoms with van der Waals surface area (Å²) in [5.41, 5.74) is 1.49. The second-order valence-corrected chi connectivity index (χ2v) is 7.68. The summed E-state index contributed by atoms with van der Waals surface area (Å²) in [6.45, 7) is 7.82. The smallest absolute Gasteiger partial charge is 0.159 e. The number of furan rings is 1. The van der Waals surface area contributed by atoms with Gasteiger partial charge in [0.1, 0.15) is 11.3 Å². The number of nitrogens with one attached hydrogen (secondary N) is 1. The van der Waals surface area contributed by atoms with Crippen molar-refractivity contribution in [3.63, 3.8) is 0 Å². The van der Waals surface area contributed by atoms with Gasteiger partial charge in [-0.15, -0.1) is 0 Å². The van der Waals surface area contributed by atoms with Gasteiger partial charge in [-0.1, -0.05) is 44.2 Å². The van der Waals surface area contributed by atoms with E-state index in [-0.39, 0.29) is 0 Å². The molecule has 4 rings (SSSR count). The summed E-state index contributed by atoms with van der Waals surface area (Å²) in [4.78, 5) is 2.09. The SMILES string of the molecule is CC(C)(F)C(C)(C)c1ccc2c(oc3ccccc32)c1N1C=CNC1. The lowest BCUT2D eigenvalue weighted by atomic mass is 9.72. The highest BCUT2D eigenvalue weighted by atomic mass is 19.1. The number of hydrogen-bond donors (Lipinski definition) is 1. The summed E-state index contributed by atoms with van der Waals surface area (Å²) in [5.74, 6) is 0. The highest BCUT2D eigenvalue weighted by Gasteiger charge is 2.41. The average molecular weight is 338 g/mol. The number of benzene rings is 2. The van der Waals surface area contributed by atoms with E-state index in [9.17, 15) is 0 Å². The molecule has 0 atom stereocenters. The van der Waals surface area contributed by atoms with Gasteiger partial charge >= 0.3 is 0 Å². The van der Waals surface area contributed by atoms with Crippen molar-refractivity contribution in [2.45, 2.75) is 38.8 Å². The summed E-state index contributed by atoms with van der Waals surface area (Å²) >= 11 is 0. The molecule has 0 saturated heterocycles. The summed E-state index contributed by atoms with van der Waals surface area (Å²) in [6.07, 6.45) is 3.88. The topological polar surface area (TPSA) is 28.4 Å². The Balaban J connectivity index is 2.08. The van der Waals surface area contributed by atoms with E-state index in [0.29, 0.717) is 6.67 Å². The zero-order valence-corrected chi connectivity index (χ0v) is 15.1. The molecule has 1 aliphatic rings. The van der Waals surface area contributed by atoms with Gasteiger partial charge in [-0.2, -0.15) is 0 Å². The minimum absolute atomic E-state index is 0.645. The van der Waals surface area contributed by atoms with E-state index in [4.69, 9.17) is 4.42 Å². The molecule has 0 saturated carbocycles. The summed E-state index contributed by atoms with van der Waals surface area (Å²) in [6, 6.07) is 12.1. The van der Waals surface area contributed by atoms with Crippen LogP contribution in [0.2, 0.25) is 0 Å². The van der Waals surface area contributed by atoms with Gasteiger partial charge in [0.05, 0.1) is 12.4 Å². The van der Waals surface area contributed by atoms with Gasteiger partial charge in [-0.25, -0.2) is 4.39 Å². The van der Waals surface area contributed by atoms with E-state index in [2.05, 4.69) is 22.3 Å². The van der Waals surface area contributed by atoms with E-state index in [1.807, 2.05) is 50.5 Å². The highest BCUT2D eigenvalue weighted by Crippen LogP contribution is 2.46. The van der Waals surface area contributed by atoms with Gasteiger partial charge in [0.2, 0.25) is 0 Å². The molecule has 0 spiro atoms. The Labute approximate surface area is 147 Å². The summed E-state index contributed by atoms with van der Waals surface area (Å²) < 4.78 is 21.3. The first-order valence-electron chi connectivity index (χ1n) is 8.61. The lowest BCUT2D eigenvalue weighted by Crippen LogP contribution is -2.40. The minimum Gasteiger partial charge on any atom is -0.454 e. The second kappa shape index (κ2) is 5.25. The van der Waals surface area contributed by atoms with Crippen molar-refractivity contribution in [2.24, 2.45) is 0 Å². The maximum atomic E-state index is 15.0. The third kappa shape index (κ3) is 2.31. The van der Waals surface area contributed by atoms with Crippen LogP contribution in [0.3, 0.4) is 0 Å². The number of para-hydroxylation sites is 1. The first-order chi connectivity index (χ1) is 11.8. The Hall–Kier alpha value is -2.49. The fourth-order valence-corrected chi connectivity index (χ4v) is 3.38. The zero-order valence-electron chi connectivity index (χ0n) is 15.1. The van der Waals surface area contributed by atoms with Gasteiger partial charge in [0.15, 0.2) is 5.58 Å². The van der Waals surface area contributed by atoms with E-state index in [1.54, 1.807) is 13.8 Å². The number of halogens is 1. The van der Waals surface area contributed by atoms with Crippen LogP contribution in [-0.4, -0.2) is 12.3 Å². The van der Waals surface area contributed by atoms with Crippen LogP contribution in [0, 0.1) is 0 Å². The molecular formula is C21H23FN2O. The van der Waals surface area contributed by atoms with Crippen LogP contribution in [0.4, 0.5) is 10.1 Å². The third-order valence-corrected chi connectivity index (χ3v) is 5.60. The van der Waals surface area contributed by atoms with Crippen LogP contribution in [0.15, 0.2) is 53.2 Å². The van der Waals surface area contributed by atoms with Crippen LogP contribution < -0.4 is 10.2 Å². The molecule has 2 heterocycles. The molecular weight excluding hydrogens is 315 g/mol. The molecule has 4 heteroatoms. The van der Waals surface area contributed by atoms with Crippen molar-refractivity contribution in [3.05, 3.63) is 54.4 Å². The molecule has 0 bridgehead atoms. The predicted molar refractivity (Wildman–Crippen MR) is 102 cm³/mol. The maximum absolute atomic E-state index is 15.0. The molecule has 1 N–H and O–H groups in total. The van der Waals surface area contributed by atoms with Crippen LogP contribution in [0.25, 0.3) is 21.9 Å². The largest absolute Gasteiger partial charge is 0.454 e. The molecule has 0 fully saturated rings. The second-order valence-electron chi connectivity index (χ2n) is 7.68. The molecule has 0 radical (unpaired) electrons. The van der Waals surface area contributed by atoms with Crippen molar-refractivity contribution in [1.82, 2.24) is 5.32 Å². The number of fused-ring (bicyclic) bond motifs is 3. The molecule has 1 aromatic heterocycles. The average Bonchev–Trinajstić information content (AvgIpc) is 3.20. The Morgan fingerprint density at radius 2 is 1.80 bits per heavy atom. The maximum Gasteiger partial charge on any atom is 0.159 e. The number of rotatable bonds is 3. The standard InChI is InChI=1S/C21H23FN2O/c1-20(2,21(3,4)22)16-10-9-15-14-7-5-6-8-17(14)25-19(15)18(16)24-12-11-23-13-24/h5-12,23H,13H2,1-4H3. The lowest BCUT2D eigenvalue weighted by Gasteiger charge is -2.38. The molecule has 130 valence electrons. The molecule has 3 aromatic rings. The quantitative estimate of drug-likeness (QED) is 0.688. The highest BCUT2D eigenvalue weighted by molar-refractivity contribution is 6.09. The number of hydrogen-bond acceptors (Lipinski definition) is 3. The third-order valence-electron chi connectivity index (χ3n) is 5.60. The van der Waals surface area contributed by atoms with Crippen molar-refractivity contribution in [1.29, 1.82) is 0 Å². The number of anilines is 1. The molecule has 0 unspecified atom stereocenters. The van der Waals surface area contributed by atoms with Crippen molar-refractivity contribution in [3.8, 4) is 0 Å². The molecule has 3 nitrogen and oxygen atoms in total. The molecule has 2 aromatic carbocycles. The fraction of sp³-hybridized carbons (Fsp3) is 0.333. The fourth-order valence-electron chi connectivity index (χ4n) is 3.38. The summed E-state index contributed by atoms with van der Waals surface area (Å²) in [5, 5.41) is 5.34. The van der Waals surface area contributed by atoms with Crippen molar-refractivity contribution < 1.29 is 8.81 Å². The summed E-state index contributed by atoms with van der Waals surface area (Å²) in [7, 11) is 0. The van der Waals surface area contributed by atoms with Crippen molar-refractivity contribution >= 4 is 27.6 Å². The van der Waals surface area contributed by atoms with Gasteiger partial charge in [-0.05, 0) is 25.5 Å². The Bertz CT molecular complexity index is 979. The molecule has 0 amide bonds. The van der Waals surface area contributed by atoms with E-state index in [0.717, 1.165) is 33.2 Å². The first kappa shape index (κ1) is 16.0. The normalized spacial score (nSPS) is 15.3.